The molecule has 1 aliphatic heterocycles. The highest BCUT2D eigenvalue weighted by Gasteiger charge is 2.23. The summed E-state index contributed by atoms with van der Waals surface area (Å²) >= 11 is 0. The van der Waals surface area contributed by atoms with Gasteiger partial charge in [-0.2, -0.15) is 0 Å². The molecule has 16 heavy (non-hydrogen) atoms. The molecule has 3 nitrogen and oxygen atoms in total. The van der Waals surface area contributed by atoms with Crippen LogP contribution in [0, 0.1) is 5.82 Å². The number of likely N-dealkylation sites (N-methyl/N-ethyl adjacent to an activating group) is 1. The molecule has 1 heterocycles. The molecule has 4 heteroatoms. The maximum absolute atomic E-state index is 12.7. The Hall–Kier alpha value is -1.42. The summed E-state index contributed by atoms with van der Waals surface area (Å²) in [5.74, 6) is -0.365. The zero-order valence-electron chi connectivity index (χ0n) is 9.24. The van der Waals surface area contributed by atoms with Gasteiger partial charge in [-0.3, -0.25) is 4.79 Å². The molecule has 1 amide bonds. The molecule has 2 rings (SSSR count). The van der Waals surface area contributed by atoms with Gasteiger partial charge in [-0.1, -0.05) is 0 Å². The van der Waals surface area contributed by atoms with Gasteiger partial charge < -0.3 is 10.2 Å². The molecule has 0 aliphatic carbocycles. The second kappa shape index (κ2) is 4.61. The molecular formula is C12H15FN2O. The predicted molar refractivity (Wildman–Crippen MR) is 59.8 cm³/mol. The highest BCUT2D eigenvalue weighted by molar-refractivity contribution is 5.94. The van der Waals surface area contributed by atoms with Crippen LogP contribution in [0.25, 0.3) is 0 Å². The Balaban J connectivity index is 2.08. The number of benzene rings is 1. The van der Waals surface area contributed by atoms with Crippen LogP contribution in [0.15, 0.2) is 24.3 Å². The minimum Gasteiger partial charge on any atom is -0.337 e. The van der Waals surface area contributed by atoms with Crippen molar-refractivity contribution in [2.45, 2.75) is 12.5 Å². The predicted octanol–water partition coefficient (Wildman–Crippen LogP) is 1.26. The van der Waals surface area contributed by atoms with Gasteiger partial charge in [0.15, 0.2) is 0 Å². The van der Waals surface area contributed by atoms with E-state index in [-0.39, 0.29) is 17.8 Å². The summed E-state index contributed by atoms with van der Waals surface area (Å²) in [5, 5.41) is 3.21. The summed E-state index contributed by atoms with van der Waals surface area (Å²) in [6, 6.07) is 5.92. The molecule has 0 radical (unpaired) electrons. The van der Waals surface area contributed by atoms with Crippen LogP contribution >= 0.6 is 0 Å². The molecule has 1 atom stereocenters. The molecule has 86 valence electrons. The zero-order chi connectivity index (χ0) is 11.5. The van der Waals surface area contributed by atoms with E-state index in [4.69, 9.17) is 0 Å². The SMILES string of the molecule is CN(C(=O)c1ccc(F)cc1)[C@@H]1CCNC1. The summed E-state index contributed by atoms with van der Waals surface area (Å²) in [7, 11) is 1.79. The third-order valence-electron chi connectivity index (χ3n) is 2.99. The molecule has 1 fully saturated rings. The van der Waals surface area contributed by atoms with Gasteiger partial charge in [0.1, 0.15) is 5.82 Å². The van der Waals surface area contributed by atoms with E-state index < -0.39 is 0 Å². The average molecular weight is 222 g/mol. The van der Waals surface area contributed by atoms with Crippen LogP contribution in [0.5, 0.6) is 0 Å². The normalized spacial score (nSPS) is 19.8. The molecular weight excluding hydrogens is 207 g/mol. The van der Waals surface area contributed by atoms with E-state index in [1.165, 1.54) is 24.3 Å². The minimum atomic E-state index is -0.318. The van der Waals surface area contributed by atoms with Gasteiger partial charge in [0, 0.05) is 25.2 Å². The van der Waals surface area contributed by atoms with Gasteiger partial charge in [-0.25, -0.2) is 4.39 Å². The second-order valence-corrected chi connectivity index (χ2v) is 4.07. The Labute approximate surface area is 94.3 Å². The van der Waals surface area contributed by atoms with Crippen LogP contribution in [0.3, 0.4) is 0 Å². The molecule has 1 aromatic carbocycles. The lowest BCUT2D eigenvalue weighted by molar-refractivity contribution is 0.0744. The summed E-state index contributed by atoms with van der Waals surface area (Å²) < 4.78 is 12.7. The standard InChI is InChI=1S/C12H15FN2O/c1-15(11-6-7-14-8-11)12(16)9-2-4-10(13)5-3-9/h2-5,11,14H,6-8H2,1H3/t11-/m1/s1. The van der Waals surface area contributed by atoms with E-state index in [0.29, 0.717) is 5.56 Å². The number of hydrogen-bond acceptors (Lipinski definition) is 2. The molecule has 0 spiro atoms. The van der Waals surface area contributed by atoms with Gasteiger partial charge >= 0.3 is 0 Å². The van der Waals surface area contributed by atoms with E-state index in [1.807, 2.05) is 0 Å². The van der Waals surface area contributed by atoms with Gasteiger partial charge in [0.2, 0.25) is 0 Å². The molecule has 1 N–H and O–H groups in total. The average Bonchev–Trinajstić information content (AvgIpc) is 2.81. The number of carbonyl (C=O) groups excluding carboxylic acids is 1. The maximum Gasteiger partial charge on any atom is 0.253 e. The van der Waals surface area contributed by atoms with Gasteiger partial charge in [0.05, 0.1) is 0 Å². The fourth-order valence-electron chi connectivity index (χ4n) is 1.93. The fourth-order valence-corrected chi connectivity index (χ4v) is 1.93. The van der Waals surface area contributed by atoms with Crippen molar-refractivity contribution in [1.29, 1.82) is 0 Å². The Morgan fingerprint density at radius 1 is 1.44 bits per heavy atom. The number of amides is 1. The van der Waals surface area contributed by atoms with E-state index in [1.54, 1.807) is 11.9 Å². The van der Waals surface area contributed by atoms with Crippen LogP contribution in [0.4, 0.5) is 4.39 Å². The molecule has 0 saturated carbocycles. The third kappa shape index (κ3) is 2.22. The van der Waals surface area contributed by atoms with Gasteiger partial charge in [-0.15, -0.1) is 0 Å². The van der Waals surface area contributed by atoms with Gasteiger partial charge in [0.25, 0.3) is 5.91 Å². The number of halogens is 1. The fraction of sp³-hybridized carbons (Fsp3) is 0.417. The first-order valence-corrected chi connectivity index (χ1v) is 5.42. The van der Waals surface area contributed by atoms with Crippen LogP contribution in [0.2, 0.25) is 0 Å². The smallest absolute Gasteiger partial charge is 0.253 e. The number of hydrogen-bond donors (Lipinski definition) is 1. The topological polar surface area (TPSA) is 32.3 Å². The summed E-state index contributed by atoms with van der Waals surface area (Å²) in [5.41, 5.74) is 0.538. The molecule has 1 aliphatic rings. The van der Waals surface area contributed by atoms with Crippen LogP contribution < -0.4 is 5.32 Å². The number of nitrogens with zero attached hydrogens (tertiary/aromatic N) is 1. The van der Waals surface area contributed by atoms with Crippen molar-refractivity contribution >= 4 is 5.91 Å². The Morgan fingerprint density at radius 2 is 2.12 bits per heavy atom. The van der Waals surface area contributed by atoms with E-state index in [0.717, 1.165) is 19.5 Å². The lowest BCUT2D eigenvalue weighted by Gasteiger charge is -2.23. The zero-order valence-corrected chi connectivity index (χ0v) is 9.24. The lowest BCUT2D eigenvalue weighted by Crippen LogP contribution is -2.38. The van der Waals surface area contributed by atoms with Crippen molar-refractivity contribution in [2.75, 3.05) is 20.1 Å². The maximum atomic E-state index is 12.7. The van der Waals surface area contributed by atoms with Crippen molar-refractivity contribution < 1.29 is 9.18 Å². The minimum absolute atomic E-state index is 0.0475. The lowest BCUT2D eigenvalue weighted by atomic mass is 10.1. The first-order valence-electron chi connectivity index (χ1n) is 5.42. The quantitative estimate of drug-likeness (QED) is 0.817. The first-order chi connectivity index (χ1) is 7.68. The molecule has 0 unspecified atom stereocenters. The van der Waals surface area contributed by atoms with Crippen molar-refractivity contribution in [3.05, 3.63) is 35.6 Å². The molecule has 1 aromatic rings. The Bertz CT molecular complexity index is 371. The summed E-state index contributed by atoms with van der Waals surface area (Å²) in [6.45, 7) is 1.79. The second-order valence-electron chi connectivity index (χ2n) is 4.07. The Kier molecular flexibility index (Phi) is 3.19. The monoisotopic (exact) mass is 222 g/mol. The van der Waals surface area contributed by atoms with Crippen LogP contribution in [0.1, 0.15) is 16.8 Å². The number of carbonyl (C=O) groups is 1. The number of rotatable bonds is 2. The van der Waals surface area contributed by atoms with E-state index >= 15 is 0 Å². The number of nitrogens with one attached hydrogen (secondary N) is 1. The van der Waals surface area contributed by atoms with Crippen molar-refractivity contribution in [1.82, 2.24) is 10.2 Å². The highest BCUT2D eigenvalue weighted by atomic mass is 19.1. The van der Waals surface area contributed by atoms with Crippen molar-refractivity contribution in [3.63, 3.8) is 0 Å². The molecule has 0 aromatic heterocycles. The first kappa shape index (κ1) is 11.1. The van der Waals surface area contributed by atoms with Crippen LogP contribution in [-0.2, 0) is 0 Å². The molecule has 1 saturated heterocycles. The van der Waals surface area contributed by atoms with Crippen molar-refractivity contribution in [3.8, 4) is 0 Å². The highest BCUT2D eigenvalue weighted by Crippen LogP contribution is 2.11. The van der Waals surface area contributed by atoms with E-state index in [2.05, 4.69) is 5.32 Å². The van der Waals surface area contributed by atoms with Crippen LogP contribution in [-0.4, -0.2) is 37.0 Å². The Morgan fingerprint density at radius 3 is 2.69 bits per heavy atom. The third-order valence-corrected chi connectivity index (χ3v) is 2.99. The summed E-state index contributed by atoms with van der Waals surface area (Å²) in [4.78, 5) is 13.7. The van der Waals surface area contributed by atoms with E-state index in [9.17, 15) is 9.18 Å². The molecule has 0 bridgehead atoms. The largest absolute Gasteiger partial charge is 0.337 e. The summed E-state index contributed by atoms with van der Waals surface area (Å²) in [6.07, 6.45) is 0.976. The van der Waals surface area contributed by atoms with Gasteiger partial charge in [-0.05, 0) is 37.2 Å². The van der Waals surface area contributed by atoms with Crippen molar-refractivity contribution in [2.24, 2.45) is 0 Å².